The molecule has 0 heterocycles. The summed E-state index contributed by atoms with van der Waals surface area (Å²) in [7, 11) is 1.66. The van der Waals surface area contributed by atoms with E-state index in [9.17, 15) is 5.11 Å². The summed E-state index contributed by atoms with van der Waals surface area (Å²) >= 11 is 0. The van der Waals surface area contributed by atoms with E-state index < -0.39 is 0 Å². The van der Waals surface area contributed by atoms with Crippen LogP contribution in [0.25, 0.3) is 0 Å². The quantitative estimate of drug-likeness (QED) is 0.866. The van der Waals surface area contributed by atoms with E-state index in [1.54, 1.807) is 19.2 Å². The Kier molecular flexibility index (Phi) is 4.42. The van der Waals surface area contributed by atoms with Crippen LogP contribution in [0.15, 0.2) is 48.5 Å². The third kappa shape index (κ3) is 3.48. The molecule has 3 nitrogen and oxygen atoms in total. The maximum absolute atomic E-state index is 9.28. The Labute approximate surface area is 113 Å². The molecular weight excluding hydrogens is 238 g/mol. The smallest absolute Gasteiger partial charge is 0.118 e. The lowest BCUT2D eigenvalue weighted by molar-refractivity contribution is 0.414. The summed E-state index contributed by atoms with van der Waals surface area (Å²) in [6.07, 6.45) is 0.864. The molecule has 0 radical (unpaired) electrons. The summed E-state index contributed by atoms with van der Waals surface area (Å²) in [6.45, 7) is 0.590. The largest absolute Gasteiger partial charge is 0.508 e. The summed E-state index contributed by atoms with van der Waals surface area (Å²) in [4.78, 5) is 0. The molecule has 2 aromatic rings. The molecule has 0 fully saturated rings. The highest BCUT2D eigenvalue weighted by molar-refractivity contribution is 5.32. The van der Waals surface area contributed by atoms with Crippen molar-refractivity contribution in [3.05, 3.63) is 59.7 Å². The van der Waals surface area contributed by atoms with Gasteiger partial charge in [0.05, 0.1) is 7.11 Å². The molecular formula is C16H19NO2. The first kappa shape index (κ1) is 13.4. The Morgan fingerprint density at radius 2 is 1.68 bits per heavy atom. The molecule has 0 saturated heterocycles. The first-order valence-corrected chi connectivity index (χ1v) is 6.35. The number of ether oxygens (including phenoxy) is 1. The molecule has 0 saturated carbocycles. The number of hydrogen-bond donors (Lipinski definition) is 2. The van der Waals surface area contributed by atoms with E-state index in [2.05, 4.69) is 12.1 Å². The Balaban J connectivity index is 2.12. The number of rotatable bonds is 5. The van der Waals surface area contributed by atoms with E-state index in [0.29, 0.717) is 6.54 Å². The molecule has 3 N–H and O–H groups in total. The Hall–Kier alpha value is -2.00. The van der Waals surface area contributed by atoms with Gasteiger partial charge < -0.3 is 15.6 Å². The van der Waals surface area contributed by atoms with Crippen LogP contribution in [0.3, 0.4) is 0 Å². The molecule has 2 rings (SSSR count). The number of methoxy groups -OCH3 is 1. The Morgan fingerprint density at radius 1 is 1.05 bits per heavy atom. The first-order chi connectivity index (χ1) is 9.22. The van der Waals surface area contributed by atoms with Crippen LogP contribution in [0.1, 0.15) is 17.0 Å². The topological polar surface area (TPSA) is 55.5 Å². The molecule has 19 heavy (non-hydrogen) atoms. The maximum atomic E-state index is 9.28. The van der Waals surface area contributed by atoms with E-state index in [-0.39, 0.29) is 11.7 Å². The van der Waals surface area contributed by atoms with Crippen molar-refractivity contribution in [2.45, 2.75) is 12.3 Å². The molecule has 0 aromatic heterocycles. The minimum Gasteiger partial charge on any atom is -0.508 e. The van der Waals surface area contributed by atoms with Gasteiger partial charge in [0.1, 0.15) is 11.5 Å². The average molecular weight is 257 g/mol. The average Bonchev–Trinajstić information content (AvgIpc) is 2.47. The predicted octanol–water partition coefficient (Wildman–Crippen LogP) is 2.69. The molecule has 1 atom stereocenters. The van der Waals surface area contributed by atoms with Crippen molar-refractivity contribution in [1.82, 2.24) is 0 Å². The summed E-state index contributed by atoms with van der Waals surface area (Å²) in [5.74, 6) is 1.41. The molecule has 0 aliphatic heterocycles. The molecule has 0 aliphatic carbocycles. The van der Waals surface area contributed by atoms with Crippen LogP contribution in [0.2, 0.25) is 0 Å². The van der Waals surface area contributed by atoms with Crippen molar-refractivity contribution in [2.24, 2.45) is 5.73 Å². The fraction of sp³-hybridized carbons (Fsp3) is 0.250. The molecule has 100 valence electrons. The lowest BCUT2D eigenvalue weighted by Crippen LogP contribution is -2.15. The highest BCUT2D eigenvalue weighted by Gasteiger charge is 2.10. The number of hydrogen-bond acceptors (Lipinski definition) is 3. The van der Waals surface area contributed by atoms with Crippen LogP contribution in [-0.4, -0.2) is 18.8 Å². The van der Waals surface area contributed by atoms with Crippen LogP contribution >= 0.6 is 0 Å². The van der Waals surface area contributed by atoms with Gasteiger partial charge >= 0.3 is 0 Å². The fourth-order valence-electron chi connectivity index (χ4n) is 2.13. The zero-order valence-corrected chi connectivity index (χ0v) is 11.0. The summed E-state index contributed by atoms with van der Waals surface area (Å²) in [5, 5.41) is 9.28. The molecule has 3 heteroatoms. The van der Waals surface area contributed by atoms with Gasteiger partial charge in [-0.25, -0.2) is 0 Å². The van der Waals surface area contributed by atoms with E-state index in [1.807, 2.05) is 24.3 Å². The van der Waals surface area contributed by atoms with Gasteiger partial charge in [-0.3, -0.25) is 0 Å². The second-order valence-corrected chi connectivity index (χ2v) is 4.58. The van der Waals surface area contributed by atoms with Gasteiger partial charge in [0.2, 0.25) is 0 Å². The maximum Gasteiger partial charge on any atom is 0.118 e. The van der Waals surface area contributed by atoms with Crippen molar-refractivity contribution >= 4 is 0 Å². The summed E-state index contributed by atoms with van der Waals surface area (Å²) in [6, 6.07) is 15.3. The molecule has 0 aliphatic rings. The van der Waals surface area contributed by atoms with Gasteiger partial charge in [0, 0.05) is 5.92 Å². The Bertz CT molecular complexity index is 505. The van der Waals surface area contributed by atoms with E-state index in [0.717, 1.165) is 12.2 Å². The second-order valence-electron chi connectivity index (χ2n) is 4.58. The van der Waals surface area contributed by atoms with Crippen LogP contribution < -0.4 is 10.5 Å². The zero-order valence-electron chi connectivity index (χ0n) is 11.0. The summed E-state index contributed by atoms with van der Waals surface area (Å²) < 4.78 is 5.15. The highest BCUT2D eigenvalue weighted by Crippen LogP contribution is 2.23. The van der Waals surface area contributed by atoms with Crippen molar-refractivity contribution in [2.75, 3.05) is 13.7 Å². The lowest BCUT2D eigenvalue weighted by atomic mass is 9.92. The van der Waals surface area contributed by atoms with Crippen LogP contribution in [-0.2, 0) is 6.42 Å². The fourth-order valence-corrected chi connectivity index (χ4v) is 2.13. The van der Waals surface area contributed by atoms with Gasteiger partial charge in [-0.05, 0) is 48.4 Å². The molecule has 0 amide bonds. The molecule has 1 unspecified atom stereocenters. The van der Waals surface area contributed by atoms with Crippen molar-refractivity contribution < 1.29 is 9.84 Å². The second kappa shape index (κ2) is 6.25. The third-order valence-electron chi connectivity index (χ3n) is 3.29. The van der Waals surface area contributed by atoms with Crippen molar-refractivity contribution in [3.8, 4) is 11.5 Å². The van der Waals surface area contributed by atoms with Crippen molar-refractivity contribution in [3.63, 3.8) is 0 Å². The SMILES string of the molecule is COc1ccc(C(CN)Cc2ccc(O)cc2)cc1. The molecule has 0 spiro atoms. The third-order valence-corrected chi connectivity index (χ3v) is 3.29. The van der Waals surface area contributed by atoms with Gasteiger partial charge in [0.25, 0.3) is 0 Å². The van der Waals surface area contributed by atoms with E-state index >= 15 is 0 Å². The number of phenolic OH excluding ortho intramolecular Hbond substituents is 1. The highest BCUT2D eigenvalue weighted by atomic mass is 16.5. The van der Waals surface area contributed by atoms with Crippen LogP contribution in [0.5, 0.6) is 11.5 Å². The van der Waals surface area contributed by atoms with Gasteiger partial charge in [-0.2, -0.15) is 0 Å². The van der Waals surface area contributed by atoms with Gasteiger partial charge in [0.15, 0.2) is 0 Å². The Morgan fingerprint density at radius 3 is 2.21 bits per heavy atom. The van der Waals surface area contributed by atoms with Crippen LogP contribution in [0, 0.1) is 0 Å². The number of aromatic hydroxyl groups is 1. The van der Waals surface area contributed by atoms with E-state index in [1.165, 1.54) is 11.1 Å². The minimum absolute atomic E-state index is 0.274. The predicted molar refractivity (Wildman–Crippen MR) is 76.6 cm³/mol. The standard InChI is InChI=1S/C16H19NO2/c1-19-16-8-4-13(5-9-16)14(11-17)10-12-2-6-15(18)7-3-12/h2-9,14,18H,10-11,17H2,1H3. The number of benzene rings is 2. The van der Waals surface area contributed by atoms with E-state index in [4.69, 9.17) is 10.5 Å². The monoisotopic (exact) mass is 257 g/mol. The number of phenols is 1. The normalized spacial score (nSPS) is 12.1. The van der Waals surface area contributed by atoms with Gasteiger partial charge in [-0.1, -0.05) is 24.3 Å². The summed E-state index contributed by atoms with van der Waals surface area (Å²) in [5.41, 5.74) is 8.25. The first-order valence-electron chi connectivity index (χ1n) is 6.35. The van der Waals surface area contributed by atoms with Crippen LogP contribution in [0.4, 0.5) is 0 Å². The zero-order chi connectivity index (χ0) is 13.7. The molecule has 2 aromatic carbocycles. The number of nitrogens with two attached hydrogens (primary N) is 1. The molecule has 0 bridgehead atoms. The van der Waals surface area contributed by atoms with Crippen molar-refractivity contribution in [1.29, 1.82) is 0 Å². The lowest BCUT2D eigenvalue weighted by Gasteiger charge is -2.16. The van der Waals surface area contributed by atoms with Gasteiger partial charge in [-0.15, -0.1) is 0 Å². The minimum atomic E-state index is 0.274.